The van der Waals surface area contributed by atoms with Gasteiger partial charge < -0.3 is 20.5 Å². The quantitative estimate of drug-likeness (QED) is 0.670. The lowest BCUT2D eigenvalue weighted by Crippen LogP contribution is -2.45. The van der Waals surface area contributed by atoms with Crippen LogP contribution >= 0.6 is 0 Å². The van der Waals surface area contributed by atoms with E-state index in [1.807, 2.05) is 4.57 Å². The molecule has 1 saturated carbocycles. The van der Waals surface area contributed by atoms with Crippen molar-refractivity contribution in [2.24, 2.45) is 11.8 Å². The molecule has 7 nitrogen and oxygen atoms in total. The van der Waals surface area contributed by atoms with E-state index in [0.29, 0.717) is 29.9 Å². The van der Waals surface area contributed by atoms with Crippen molar-refractivity contribution in [1.82, 2.24) is 19.5 Å². The van der Waals surface area contributed by atoms with E-state index in [0.717, 1.165) is 0 Å². The van der Waals surface area contributed by atoms with Crippen LogP contribution in [-0.2, 0) is 6.54 Å². The molecule has 1 aliphatic carbocycles. The van der Waals surface area contributed by atoms with Gasteiger partial charge in [-0.1, -0.05) is 0 Å². The first-order valence-electron chi connectivity index (χ1n) is 5.91. The summed E-state index contributed by atoms with van der Waals surface area (Å²) >= 11 is 0. The molecule has 2 aromatic heterocycles. The van der Waals surface area contributed by atoms with Gasteiger partial charge in [0.2, 0.25) is 0 Å². The zero-order valence-corrected chi connectivity index (χ0v) is 9.77. The minimum atomic E-state index is -0.362. The zero-order valence-electron chi connectivity index (χ0n) is 9.77. The summed E-state index contributed by atoms with van der Waals surface area (Å²) in [5.74, 6) is 0.548. The van der Waals surface area contributed by atoms with Crippen molar-refractivity contribution in [3.05, 3.63) is 12.7 Å². The van der Waals surface area contributed by atoms with Crippen LogP contribution in [0.2, 0.25) is 0 Å². The molecule has 96 valence electrons. The Morgan fingerprint density at radius 2 is 2.22 bits per heavy atom. The highest BCUT2D eigenvalue weighted by Crippen LogP contribution is 2.36. The molecule has 0 saturated heterocycles. The number of fused-ring (bicyclic) bond motifs is 1. The SMILES string of the molecule is Nc1ncnc2c1ncn2C[C@@H]1[C@H](CO)C[C@H]1O. The maximum absolute atomic E-state index is 9.73. The summed E-state index contributed by atoms with van der Waals surface area (Å²) in [6.07, 6.45) is 3.34. The Balaban J connectivity index is 1.89. The molecule has 4 N–H and O–H groups in total. The molecule has 7 heteroatoms. The minimum absolute atomic E-state index is 0.0450. The Hall–Kier alpha value is -1.73. The van der Waals surface area contributed by atoms with Gasteiger partial charge in [-0.05, 0) is 12.3 Å². The van der Waals surface area contributed by atoms with Crippen LogP contribution in [-0.4, -0.2) is 42.4 Å². The number of anilines is 1. The van der Waals surface area contributed by atoms with E-state index in [9.17, 15) is 10.2 Å². The predicted octanol–water partition coefficient (Wildman–Crippen LogP) is -0.602. The normalized spacial score (nSPS) is 27.3. The third-order valence-electron chi connectivity index (χ3n) is 3.72. The lowest BCUT2D eigenvalue weighted by molar-refractivity contribution is -0.0624. The van der Waals surface area contributed by atoms with E-state index in [1.54, 1.807) is 6.33 Å². The molecule has 0 amide bonds. The topological polar surface area (TPSA) is 110 Å². The van der Waals surface area contributed by atoms with Crippen LogP contribution in [0.15, 0.2) is 12.7 Å². The Kier molecular flexibility index (Phi) is 2.64. The Bertz CT molecular complexity index is 570. The Labute approximate surface area is 103 Å². The monoisotopic (exact) mass is 249 g/mol. The summed E-state index contributed by atoms with van der Waals surface area (Å²) in [7, 11) is 0. The van der Waals surface area contributed by atoms with Gasteiger partial charge in [0.05, 0.1) is 12.4 Å². The zero-order chi connectivity index (χ0) is 12.7. The number of nitrogen functional groups attached to an aromatic ring is 1. The third kappa shape index (κ3) is 1.63. The van der Waals surface area contributed by atoms with Crippen LogP contribution in [0, 0.1) is 11.8 Å². The summed E-state index contributed by atoms with van der Waals surface area (Å²) in [5.41, 5.74) is 6.95. The smallest absolute Gasteiger partial charge is 0.165 e. The number of aliphatic hydroxyl groups excluding tert-OH is 2. The van der Waals surface area contributed by atoms with Crippen molar-refractivity contribution in [3.8, 4) is 0 Å². The number of aliphatic hydroxyl groups is 2. The average Bonchev–Trinajstić information content (AvgIpc) is 2.77. The molecule has 0 aliphatic heterocycles. The van der Waals surface area contributed by atoms with Crippen LogP contribution < -0.4 is 5.73 Å². The maximum atomic E-state index is 9.73. The van der Waals surface area contributed by atoms with Gasteiger partial charge in [0.25, 0.3) is 0 Å². The number of hydrogen-bond donors (Lipinski definition) is 3. The second-order valence-electron chi connectivity index (χ2n) is 4.74. The Morgan fingerprint density at radius 1 is 1.39 bits per heavy atom. The van der Waals surface area contributed by atoms with E-state index in [1.165, 1.54) is 6.33 Å². The molecule has 0 aromatic carbocycles. The maximum Gasteiger partial charge on any atom is 0.165 e. The first-order chi connectivity index (χ1) is 8.70. The van der Waals surface area contributed by atoms with Crippen molar-refractivity contribution in [2.45, 2.75) is 19.1 Å². The van der Waals surface area contributed by atoms with Gasteiger partial charge in [0.1, 0.15) is 11.8 Å². The lowest BCUT2D eigenvalue weighted by Gasteiger charge is -2.40. The first-order valence-corrected chi connectivity index (χ1v) is 5.91. The molecule has 0 unspecified atom stereocenters. The van der Waals surface area contributed by atoms with Crippen molar-refractivity contribution in [2.75, 3.05) is 12.3 Å². The standard InChI is InChI=1S/C11H15N5O2/c12-10-9-11(14-4-13-10)16(5-15-9)2-7-6(3-17)1-8(7)18/h4-8,17-18H,1-3H2,(H2,12,13,14)/t6-,7+,8+/m0/s1. The van der Waals surface area contributed by atoms with E-state index in [4.69, 9.17) is 5.73 Å². The fourth-order valence-electron chi connectivity index (χ4n) is 2.52. The van der Waals surface area contributed by atoms with E-state index in [2.05, 4.69) is 15.0 Å². The molecule has 1 fully saturated rings. The second-order valence-corrected chi connectivity index (χ2v) is 4.74. The first kappa shape index (κ1) is 11.4. The number of imidazole rings is 1. The van der Waals surface area contributed by atoms with Gasteiger partial charge in [-0.3, -0.25) is 0 Å². The van der Waals surface area contributed by atoms with Crippen molar-refractivity contribution in [3.63, 3.8) is 0 Å². The van der Waals surface area contributed by atoms with Gasteiger partial charge in [-0.2, -0.15) is 0 Å². The van der Waals surface area contributed by atoms with Crippen molar-refractivity contribution < 1.29 is 10.2 Å². The molecular weight excluding hydrogens is 234 g/mol. The number of nitrogens with zero attached hydrogens (tertiary/aromatic N) is 4. The molecule has 2 aromatic rings. The second kappa shape index (κ2) is 4.18. The van der Waals surface area contributed by atoms with E-state index >= 15 is 0 Å². The predicted molar refractivity (Wildman–Crippen MR) is 64.4 cm³/mol. The lowest BCUT2D eigenvalue weighted by atomic mass is 9.71. The summed E-state index contributed by atoms with van der Waals surface area (Å²) < 4.78 is 1.85. The number of aromatic nitrogens is 4. The van der Waals surface area contributed by atoms with Crippen LogP contribution in [0.4, 0.5) is 5.82 Å². The van der Waals surface area contributed by atoms with Crippen LogP contribution in [0.1, 0.15) is 6.42 Å². The highest BCUT2D eigenvalue weighted by atomic mass is 16.3. The highest BCUT2D eigenvalue weighted by Gasteiger charge is 2.39. The van der Waals surface area contributed by atoms with E-state index in [-0.39, 0.29) is 24.5 Å². The van der Waals surface area contributed by atoms with Crippen LogP contribution in [0.25, 0.3) is 11.2 Å². The van der Waals surface area contributed by atoms with Crippen molar-refractivity contribution in [1.29, 1.82) is 0 Å². The van der Waals surface area contributed by atoms with Gasteiger partial charge in [0.15, 0.2) is 11.5 Å². The molecule has 3 rings (SSSR count). The molecule has 18 heavy (non-hydrogen) atoms. The average molecular weight is 249 g/mol. The van der Waals surface area contributed by atoms with Crippen LogP contribution in [0.5, 0.6) is 0 Å². The van der Waals surface area contributed by atoms with Crippen LogP contribution in [0.3, 0.4) is 0 Å². The molecule has 1 aliphatic rings. The van der Waals surface area contributed by atoms with Crippen molar-refractivity contribution >= 4 is 17.0 Å². The number of nitrogens with two attached hydrogens (primary N) is 1. The largest absolute Gasteiger partial charge is 0.396 e. The molecule has 0 spiro atoms. The van der Waals surface area contributed by atoms with Gasteiger partial charge in [-0.15, -0.1) is 0 Å². The van der Waals surface area contributed by atoms with Gasteiger partial charge in [-0.25, -0.2) is 15.0 Å². The molecule has 2 heterocycles. The molecule has 3 atom stereocenters. The van der Waals surface area contributed by atoms with Gasteiger partial charge in [0, 0.05) is 19.1 Å². The molecule has 0 bridgehead atoms. The number of rotatable bonds is 3. The molecule has 0 radical (unpaired) electrons. The van der Waals surface area contributed by atoms with E-state index < -0.39 is 0 Å². The minimum Gasteiger partial charge on any atom is -0.396 e. The summed E-state index contributed by atoms with van der Waals surface area (Å²) in [6, 6.07) is 0. The third-order valence-corrected chi connectivity index (χ3v) is 3.72. The summed E-state index contributed by atoms with van der Waals surface area (Å²) in [4.78, 5) is 12.2. The highest BCUT2D eigenvalue weighted by molar-refractivity contribution is 5.81. The molecular formula is C11H15N5O2. The number of hydrogen-bond acceptors (Lipinski definition) is 6. The van der Waals surface area contributed by atoms with Gasteiger partial charge >= 0.3 is 0 Å². The Morgan fingerprint density at radius 3 is 2.94 bits per heavy atom. The summed E-state index contributed by atoms with van der Waals surface area (Å²) in [6.45, 7) is 0.685. The fourth-order valence-corrected chi connectivity index (χ4v) is 2.52. The summed E-state index contributed by atoms with van der Waals surface area (Å²) in [5, 5.41) is 18.9. The fraction of sp³-hybridized carbons (Fsp3) is 0.545.